The number of unbranched alkanes of at least 4 members (excludes halogenated alkanes) is 3. The van der Waals surface area contributed by atoms with E-state index in [4.69, 9.17) is 0 Å². The maximum absolute atomic E-state index is 4.20. The van der Waals surface area contributed by atoms with Gasteiger partial charge in [0.25, 0.3) is 0 Å². The number of nitrogens with zero attached hydrogens (tertiary/aromatic N) is 1. The molecule has 3 heteroatoms. The van der Waals surface area contributed by atoms with Crippen molar-refractivity contribution in [1.29, 1.82) is 0 Å². The van der Waals surface area contributed by atoms with Crippen molar-refractivity contribution in [2.75, 3.05) is 20.1 Å². The van der Waals surface area contributed by atoms with Crippen molar-refractivity contribution in [2.24, 2.45) is 10.9 Å². The normalized spacial score (nSPS) is 16.5. The summed E-state index contributed by atoms with van der Waals surface area (Å²) in [5, 5.41) is 6.71. The molecule has 0 atom stereocenters. The molecule has 88 valence electrons. The second-order valence-electron chi connectivity index (χ2n) is 4.38. The first kappa shape index (κ1) is 12.3. The predicted molar refractivity (Wildman–Crippen MR) is 66.2 cm³/mol. The van der Waals surface area contributed by atoms with Crippen molar-refractivity contribution in [3.05, 3.63) is 0 Å². The molecule has 0 radical (unpaired) electrons. The zero-order chi connectivity index (χ0) is 10.9. The lowest BCUT2D eigenvalue weighted by molar-refractivity contribution is 0.644. The highest BCUT2D eigenvalue weighted by Gasteiger charge is 2.20. The van der Waals surface area contributed by atoms with Crippen LogP contribution in [0.5, 0.6) is 0 Å². The fraction of sp³-hybridized carbons (Fsp3) is 0.917. The minimum atomic E-state index is 0.906. The molecule has 0 bridgehead atoms. The monoisotopic (exact) mass is 211 g/mol. The number of guanidine groups is 1. The summed E-state index contributed by atoms with van der Waals surface area (Å²) in [7, 11) is 1.84. The molecule has 1 aliphatic carbocycles. The number of nitrogens with one attached hydrogen (secondary N) is 2. The van der Waals surface area contributed by atoms with Crippen LogP contribution in [0.4, 0.5) is 0 Å². The third-order valence-corrected chi connectivity index (χ3v) is 2.80. The molecule has 1 aliphatic rings. The Kier molecular flexibility index (Phi) is 6.21. The molecule has 0 saturated heterocycles. The molecule has 0 amide bonds. The average Bonchev–Trinajstić information content (AvgIpc) is 3.06. The van der Waals surface area contributed by atoms with Gasteiger partial charge >= 0.3 is 0 Å². The highest BCUT2D eigenvalue weighted by Crippen LogP contribution is 2.27. The minimum absolute atomic E-state index is 0.906. The molecular formula is C12H25N3. The van der Waals surface area contributed by atoms with Gasteiger partial charge in [-0.1, -0.05) is 26.2 Å². The summed E-state index contributed by atoms with van der Waals surface area (Å²) in [6.45, 7) is 4.38. The van der Waals surface area contributed by atoms with Crippen molar-refractivity contribution in [3.63, 3.8) is 0 Å². The van der Waals surface area contributed by atoms with Crippen molar-refractivity contribution in [3.8, 4) is 0 Å². The molecule has 0 aromatic carbocycles. The third-order valence-electron chi connectivity index (χ3n) is 2.80. The molecule has 0 aromatic heterocycles. The van der Waals surface area contributed by atoms with E-state index in [0.29, 0.717) is 0 Å². The second kappa shape index (κ2) is 7.55. The highest BCUT2D eigenvalue weighted by molar-refractivity contribution is 5.79. The maximum Gasteiger partial charge on any atom is 0.190 e. The molecule has 0 aliphatic heterocycles. The Bertz CT molecular complexity index is 185. The molecule has 15 heavy (non-hydrogen) atoms. The van der Waals surface area contributed by atoms with Gasteiger partial charge in [-0.15, -0.1) is 0 Å². The number of aliphatic imine (C=N–C) groups is 1. The van der Waals surface area contributed by atoms with Crippen molar-refractivity contribution in [2.45, 2.75) is 45.4 Å². The average molecular weight is 211 g/mol. The van der Waals surface area contributed by atoms with E-state index in [0.717, 1.165) is 25.0 Å². The highest BCUT2D eigenvalue weighted by atomic mass is 15.2. The van der Waals surface area contributed by atoms with Crippen molar-refractivity contribution >= 4 is 5.96 Å². The van der Waals surface area contributed by atoms with E-state index < -0.39 is 0 Å². The van der Waals surface area contributed by atoms with Crippen LogP contribution in [-0.4, -0.2) is 26.1 Å². The van der Waals surface area contributed by atoms with Crippen LogP contribution in [0.2, 0.25) is 0 Å². The largest absolute Gasteiger partial charge is 0.356 e. The van der Waals surface area contributed by atoms with Gasteiger partial charge in [0.2, 0.25) is 0 Å². The standard InChI is InChI=1S/C12H25N3/c1-3-4-5-6-9-14-12(13-2)15-10-11-7-8-11/h11H,3-10H2,1-2H3,(H2,13,14,15). The van der Waals surface area contributed by atoms with Crippen LogP contribution in [0.1, 0.15) is 45.4 Å². The Morgan fingerprint density at radius 1 is 1.20 bits per heavy atom. The summed E-state index contributed by atoms with van der Waals surface area (Å²) in [6.07, 6.45) is 7.99. The molecule has 0 heterocycles. The molecule has 2 N–H and O–H groups in total. The molecule has 0 unspecified atom stereocenters. The number of hydrogen-bond donors (Lipinski definition) is 2. The van der Waals surface area contributed by atoms with Gasteiger partial charge in [-0.05, 0) is 25.2 Å². The number of rotatable bonds is 7. The lowest BCUT2D eigenvalue weighted by atomic mass is 10.2. The van der Waals surface area contributed by atoms with Gasteiger partial charge in [-0.25, -0.2) is 0 Å². The molecule has 0 aromatic rings. The lowest BCUT2D eigenvalue weighted by Gasteiger charge is -2.10. The van der Waals surface area contributed by atoms with E-state index >= 15 is 0 Å². The quantitative estimate of drug-likeness (QED) is 0.384. The van der Waals surface area contributed by atoms with Crippen LogP contribution in [0, 0.1) is 5.92 Å². The Morgan fingerprint density at radius 2 is 2.00 bits per heavy atom. The van der Waals surface area contributed by atoms with Gasteiger partial charge in [0, 0.05) is 20.1 Å². The van der Waals surface area contributed by atoms with Crippen molar-refractivity contribution < 1.29 is 0 Å². The van der Waals surface area contributed by atoms with E-state index in [2.05, 4.69) is 22.5 Å². The predicted octanol–water partition coefficient (Wildman–Crippen LogP) is 2.14. The van der Waals surface area contributed by atoms with Crippen molar-refractivity contribution in [1.82, 2.24) is 10.6 Å². The van der Waals surface area contributed by atoms with E-state index in [1.54, 1.807) is 0 Å². The van der Waals surface area contributed by atoms with Crippen LogP contribution < -0.4 is 10.6 Å². The zero-order valence-corrected chi connectivity index (χ0v) is 10.2. The van der Waals surface area contributed by atoms with Crippen LogP contribution in [-0.2, 0) is 0 Å². The maximum atomic E-state index is 4.20. The molecular weight excluding hydrogens is 186 g/mol. The summed E-state index contributed by atoms with van der Waals surface area (Å²) in [6, 6.07) is 0. The smallest absolute Gasteiger partial charge is 0.190 e. The molecule has 1 rings (SSSR count). The molecule has 1 saturated carbocycles. The third kappa shape index (κ3) is 6.37. The Hall–Kier alpha value is -0.730. The van der Waals surface area contributed by atoms with Crippen LogP contribution in [0.25, 0.3) is 0 Å². The Labute approximate surface area is 93.7 Å². The van der Waals surface area contributed by atoms with Gasteiger partial charge in [0.05, 0.1) is 0 Å². The fourth-order valence-corrected chi connectivity index (χ4v) is 1.54. The summed E-state index contributed by atoms with van der Waals surface area (Å²) >= 11 is 0. The fourth-order valence-electron chi connectivity index (χ4n) is 1.54. The minimum Gasteiger partial charge on any atom is -0.356 e. The van der Waals surface area contributed by atoms with E-state index in [1.807, 2.05) is 7.05 Å². The van der Waals surface area contributed by atoms with Gasteiger partial charge in [-0.2, -0.15) is 0 Å². The Balaban J connectivity index is 1.95. The summed E-state index contributed by atoms with van der Waals surface area (Å²) in [5.74, 6) is 1.88. The molecule has 1 fully saturated rings. The number of hydrogen-bond acceptors (Lipinski definition) is 1. The molecule has 0 spiro atoms. The topological polar surface area (TPSA) is 36.4 Å². The first-order chi connectivity index (χ1) is 7.36. The lowest BCUT2D eigenvalue weighted by Crippen LogP contribution is -2.38. The SMILES string of the molecule is CCCCCCNC(=NC)NCC1CC1. The summed E-state index contributed by atoms with van der Waals surface area (Å²) in [4.78, 5) is 4.20. The molecule has 3 nitrogen and oxygen atoms in total. The van der Waals surface area contributed by atoms with Gasteiger partial charge < -0.3 is 10.6 Å². The van der Waals surface area contributed by atoms with Crippen LogP contribution in [0.15, 0.2) is 4.99 Å². The van der Waals surface area contributed by atoms with Gasteiger partial charge in [0.1, 0.15) is 0 Å². The zero-order valence-electron chi connectivity index (χ0n) is 10.2. The van der Waals surface area contributed by atoms with Crippen LogP contribution >= 0.6 is 0 Å². The first-order valence-electron chi connectivity index (χ1n) is 6.31. The summed E-state index contributed by atoms with van der Waals surface area (Å²) < 4.78 is 0. The first-order valence-corrected chi connectivity index (χ1v) is 6.31. The second-order valence-corrected chi connectivity index (χ2v) is 4.38. The Morgan fingerprint density at radius 3 is 2.60 bits per heavy atom. The van der Waals surface area contributed by atoms with Crippen LogP contribution in [0.3, 0.4) is 0 Å². The summed E-state index contributed by atoms with van der Waals surface area (Å²) in [5.41, 5.74) is 0. The van der Waals surface area contributed by atoms with E-state index in [-0.39, 0.29) is 0 Å². The van der Waals surface area contributed by atoms with E-state index in [9.17, 15) is 0 Å². The van der Waals surface area contributed by atoms with Gasteiger partial charge in [0.15, 0.2) is 5.96 Å². The van der Waals surface area contributed by atoms with Gasteiger partial charge in [-0.3, -0.25) is 4.99 Å². The van der Waals surface area contributed by atoms with E-state index in [1.165, 1.54) is 38.5 Å².